The van der Waals surface area contributed by atoms with Crippen LogP contribution in [0.15, 0.2) is 54.6 Å². The van der Waals surface area contributed by atoms with Gasteiger partial charge >= 0.3 is 0 Å². The van der Waals surface area contributed by atoms with Gasteiger partial charge in [-0.3, -0.25) is 0 Å². The molecule has 0 saturated heterocycles. The smallest absolute Gasteiger partial charge is 0.206 e. The third-order valence-electron chi connectivity index (χ3n) is 3.37. The number of benzene rings is 2. The molecule has 3 rings (SSSR count). The van der Waals surface area contributed by atoms with E-state index in [0.717, 1.165) is 10.2 Å². The fraction of sp³-hybridized carbons (Fsp3) is 0.118. The van der Waals surface area contributed by atoms with E-state index in [2.05, 4.69) is 5.10 Å². The molecule has 2 aromatic carbocycles. The average Bonchev–Trinajstić information content (AvgIpc) is 2.86. The molecule has 0 aliphatic rings. The molecule has 0 bridgehead atoms. The predicted octanol–water partition coefficient (Wildman–Crippen LogP) is 4.92. The van der Waals surface area contributed by atoms with Crippen LogP contribution in [0, 0.1) is 12.9 Å². The highest BCUT2D eigenvalue weighted by atomic mass is 19.3. The molecule has 5 heteroatoms. The second kappa shape index (κ2) is 5.67. The summed E-state index contributed by atoms with van der Waals surface area (Å²) in [5.74, 6) is -0.785. The largest absolute Gasteiger partial charge is 0.282 e. The highest BCUT2D eigenvalue weighted by Gasteiger charge is 2.26. The molecule has 1 aromatic heterocycles. The van der Waals surface area contributed by atoms with Gasteiger partial charge in [-0.25, -0.2) is 13.5 Å². The second-order valence-electron chi connectivity index (χ2n) is 4.97. The molecule has 0 fully saturated rings. The number of aryl methyl sites for hydroxylation is 1. The van der Waals surface area contributed by atoms with E-state index in [1.807, 2.05) is 13.0 Å². The van der Waals surface area contributed by atoms with E-state index in [4.69, 9.17) is 0 Å². The summed E-state index contributed by atoms with van der Waals surface area (Å²) in [6.45, 7) is 1.84. The van der Waals surface area contributed by atoms with Gasteiger partial charge in [0.15, 0.2) is 0 Å². The third-order valence-corrected chi connectivity index (χ3v) is 3.37. The van der Waals surface area contributed by atoms with E-state index in [1.165, 1.54) is 0 Å². The van der Waals surface area contributed by atoms with Crippen LogP contribution in [-0.4, -0.2) is 9.78 Å². The van der Waals surface area contributed by atoms with Crippen molar-refractivity contribution < 1.29 is 13.2 Å². The molecule has 112 valence electrons. The first-order valence-corrected chi connectivity index (χ1v) is 6.77. The van der Waals surface area contributed by atoms with Gasteiger partial charge in [-0.15, -0.1) is 0 Å². The van der Waals surface area contributed by atoms with Crippen LogP contribution in [0.1, 0.15) is 17.7 Å². The monoisotopic (exact) mass is 302 g/mol. The summed E-state index contributed by atoms with van der Waals surface area (Å²) in [6, 6.07) is 15.2. The van der Waals surface area contributed by atoms with Crippen LogP contribution in [0.25, 0.3) is 16.8 Å². The number of rotatable bonds is 3. The van der Waals surface area contributed by atoms with Crippen LogP contribution >= 0.6 is 0 Å². The summed E-state index contributed by atoms with van der Waals surface area (Å²) < 4.78 is 42.2. The number of hydrogen-bond acceptors (Lipinski definition) is 1. The Bertz CT molecular complexity index is 795. The van der Waals surface area contributed by atoms with Gasteiger partial charge in [0.05, 0.1) is 11.3 Å². The van der Waals surface area contributed by atoms with Crippen LogP contribution in [0.4, 0.5) is 13.2 Å². The molecule has 0 unspecified atom stereocenters. The molecule has 0 N–H and O–H groups in total. The fourth-order valence-corrected chi connectivity index (χ4v) is 2.37. The molecule has 1 heterocycles. The normalized spacial score (nSPS) is 11.1. The van der Waals surface area contributed by atoms with E-state index in [9.17, 15) is 13.2 Å². The summed E-state index contributed by atoms with van der Waals surface area (Å²) in [5, 5.41) is 3.79. The summed E-state index contributed by atoms with van der Waals surface area (Å²) >= 11 is 0. The van der Waals surface area contributed by atoms with Gasteiger partial charge in [0.25, 0.3) is 6.43 Å². The van der Waals surface area contributed by atoms with Crippen LogP contribution in [0.2, 0.25) is 0 Å². The van der Waals surface area contributed by atoms with Gasteiger partial charge in [0.2, 0.25) is 5.95 Å². The van der Waals surface area contributed by atoms with Crippen molar-refractivity contribution in [1.29, 1.82) is 0 Å². The molecule has 0 amide bonds. The molecule has 3 aromatic rings. The Morgan fingerprint density at radius 1 is 1.00 bits per heavy atom. The molecular weight excluding hydrogens is 289 g/mol. The second-order valence-corrected chi connectivity index (χ2v) is 4.97. The lowest BCUT2D eigenvalue weighted by molar-refractivity contribution is 0.146. The van der Waals surface area contributed by atoms with E-state index < -0.39 is 18.1 Å². The van der Waals surface area contributed by atoms with E-state index in [0.29, 0.717) is 11.3 Å². The molecule has 0 radical (unpaired) electrons. The quantitative estimate of drug-likeness (QED) is 0.671. The number of aromatic nitrogens is 2. The van der Waals surface area contributed by atoms with E-state index in [1.54, 1.807) is 48.5 Å². The van der Waals surface area contributed by atoms with Crippen LogP contribution < -0.4 is 0 Å². The van der Waals surface area contributed by atoms with Crippen molar-refractivity contribution in [1.82, 2.24) is 9.78 Å². The van der Waals surface area contributed by atoms with Crippen molar-refractivity contribution in [2.75, 3.05) is 0 Å². The lowest BCUT2D eigenvalue weighted by atomic mass is 10.1. The van der Waals surface area contributed by atoms with Crippen molar-refractivity contribution in [3.8, 4) is 16.8 Å². The summed E-state index contributed by atoms with van der Waals surface area (Å²) in [4.78, 5) is 0. The highest BCUT2D eigenvalue weighted by Crippen LogP contribution is 2.33. The van der Waals surface area contributed by atoms with Crippen molar-refractivity contribution in [2.45, 2.75) is 13.3 Å². The molecule has 22 heavy (non-hydrogen) atoms. The molecule has 0 aliphatic carbocycles. The van der Waals surface area contributed by atoms with Crippen molar-refractivity contribution in [3.63, 3.8) is 0 Å². The minimum absolute atomic E-state index is 0.155. The Labute approximate surface area is 125 Å². The first-order chi connectivity index (χ1) is 10.6. The minimum atomic E-state index is -2.85. The maximum Gasteiger partial charge on any atom is 0.282 e. The lowest BCUT2D eigenvalue weighted by Crippen LogP contribution is -2.00. The first-order valence-electron chi connectivity index (χ1n) is 6.77. The van der Waals surface area contributed by atoms with Crippen LogP contribution in [0.5, 0.6) is 0 Å². The number of nitrogens with zero attached hydrogens (tertiary/aromatic N) is 2. The number of alkyl halides is 2. The Balaban J connectivity index is 2.23. The summed E-state index contributed by atoms with van der Waals surface area (Å²) in [7, 11) is 0. The Morgan fingerprint density at radius 2 is 1.73 bits per heavy atom. The zero-order chi connectivity index (χ0) is 15.7. The molecule has 0 saturated carbocycles. The molecule has 0 atom stereocenters. The predicted molar refractivity (Wildman–Crippen MR) is 78.7 cm³/mol. The van der Waals surface area contributed by atoms with Gasteiger partial charge in [0, 0.05) is 0 Å². The van der Waals surface area contributed by atoms with Crippen LogP contribution in [-0.2, 0) is 0 Å². The first kappa shape index (κ1) is 14.4. The fourth-order valence-electron chi connectivity index (χ4n) is 2.37. The zero-order valence-electron chi connectivity index (χ0n) is 11.8. The SMILES string of the molecule is Cc1cccc(-n2nc(C(F)F)c(-c3ccccc3)c2F)c1. The lowest BCUT2D eigenvalue weighted by Gasteiger charge is -2.03. The molecule has 0 aliphatic heterocycles. The molecular formula is C17H13F3N2. The minimum Gasteiger partial charge on any atom is -0.206 e. The topological polar surface area (TPSA) is 17.8 Å². The zero-order valence-corrected chi connectivity index (χ0v) is 11.8. The summed E-state index contributed by atoms with van der Waals surface area (Å²) in [5.41, 5.74) is 0.991. The van der Waals surface area contributed by atoms with Crippen LogP contribution in [0.3, 0.4) is 0 Å². The number of hydrogen-bond donors (Lipinski definition) is 0. The Kier molecular flexibility index (Phi) is 3.71. The van der Waals surface area contributed by atoms with Gasteiger partial charge in [0.1, 0.15) is 5.69 Å². The van der Waals surface area contributed by atoms with Gasteiger partial charge in [-0.05, 0) is 30.2 Å². The standard InChI is InChI=1S/C17H13F3N2/c1-11-6-5-9-13(10-11)22-17(20)14(15(21-22)16(18)19)12-7-3-2-4-8-12/h2-10,16H,1H3. The Hall–Kier alpha value is -2.56. The third kappa shape index (κ3) is 2.50. The highest BCUT2D eigenvalue weighted by molar-refractivity contribution is 5.67. The van der Waals surface area contributed by atoms with E-state index in [-0.39, 0.29) is 5.56 Å². The van der Waals surface area contributed by atoms with E-state index >= 15 is 0 Å². The molecule has 0 spiro atoms. The maximum absolute atomic E-state index is 14.7. The average molecular weight is 302 g/mol. The maximum atomic E-state index is 14.7. The van der Waals surface area contributed by atoms with Gasteiger partial charge in [-0.1, -0.05) is 42.5 Å². The van der Waals surface area contributed by atoms with Gasteiger partial charge in [-0.2, -0.15) is 9.49 Å². The molecule has 2 nitrogen and oxygen atoms in total. The Morgan fingerprint density at radius 3 is 2.36 bits per heavy atom. The van der Waals surface area contributed by atoms with Crippen molar-refractivity contribution in [2.24, 2.45) is 0 Å². The number of halogens is 3. The summed E-state index contributed by atoms with van der Waals surface area (Å²) in [6.07, 6.45) is -2.85. The van der Waals surface area contributed by atoms with Crippen molar-refractivity contribution >= 4 is 0 Å². The van der Waals surface area contributed by atoms with Gasteiger partial charge < -0.3 is 0 Å². The van der Waals surface area contributed by atoms with Crippen molar-refractivity contribution in [3.05, 3.63) is 71.8 Å².